The first-order valence-corrected chi connectivity index (χ1v) is 6.99. The molecule has 0 heterocycles. The van der Waals surface area contributed by atoms with Crippen LogP contribution in [0.4, 0.5) is 0 Å². The Morgan fingerprint density at radius 2 is 1.88 bits per heavy atom. The van der Waals surface area contributed by atoms with Gasteiger partial charge >= 0.3 is 0 Å². The van der Waals surface area contributed by atoms with Gasteiger partial charge in [-0.2, -0.15) is 0 Å². The largest absolute Gasteiger partial charge is 0.380 e. The molecule has 16 heavy (non-hydrogen) atoms. The first-order valence-electron chi connectivity index (χ1n) is 6.99. The molecule has 1 rings (SSSR count). The molecule has 0 amide bonds. The predicted molar refractivity (Wildman–Crippen MR) is 69.4 cm³/mol. The van der Waals surface area contributed by atoms with E-state index in [9.17, 15) is 0 Å². The van der Waals surface area contributed by atoms with Crippen molar-refractivity contribution >= 4 is 0 Å². The van der Waals surface area contributed by atoms with Crippen LogP contribution in [0.1, 0.15) is 58.8 Å². The van der Waals surface area contributed by atoms with Crippen molar-refractivity contribution in [2.24, 2.45) is 17.6 Å². The molecule has 96 valence electrons. The molecule has 0 bridgehead atoms. The van der Waals surface area contributed by atoms with Crippen LogP contribution in [0.5, 0.6) is 0 Å². The van der Waals surface area contributed by atoms with Gasteiger partial charge in [0.25, 0.3) is 0 Å². The monoisotopic (exact) mass is 227 g/mol. The Labute approximate surface area is 101 Å². The summed E-state index contributed by atoms with van der Waals surface area (Å²) in [4.78, 5) is 0. The maximum absolute atomic E-state index is 6.36. The molecule has 0 aliphatic heterocycles. The Hall–Kier alpha value is -0.0800. The van der Waals surface area contributed by atoms with E-state index in [1.165, 1.54) is 44.9 Å². The number of nitrogens with two attached hydrogens (primary N) is 1. The number of hydrogen-bond donors (Lipinski definition) is 1. The molecule has 3 atom stereocenters. The molecule has 0 aromatic heterocycles. The quantitative estimate of drug-likeness (QED) is 0.755. The van der Waals surface area contributed by atoms with Crippen molar-refractivity contribution in [3.8, 4) is 0 Å². The number of ether oxygens (including phenoxy) is 1. The van der Waals surface area contributed by atoms with E-state index in [1.807, 2.05) is 7.11 Å². The fourth-order valence-corrected chi connectivity index (χ4v) is 3.10. The van der Waals surface area contributed by atoms with Crippen LogP contribution in [-0.2, 0) is 4.74 Å². The zero-order valence-corrected chi connectivity index (χ0v) is 11.2. The highest BCUT2D eigenvalue weighted by Crippen LogP contribution is 2.31. The lowest BCUT2D eigenvalue weighted by molar-refractivity contribution is 0.00431. The molecule has 3 unspecified atom stereocenters. The average Bonchev–Trinajstić information content (AvgIpc) is 2.31. The van der Waals surface area contributed by atoms with Crippen LogP contribution < -0.4 is 5.73 Å². The van der Waals surface area contributed by atoms with Gasteiger partial charge in [-0.25, -0.2) is 0 Å². The van der Waals surface area contributed by atoms with Gasteiger partial charge in [-0.1, -0.05) is 39.5 Å². The minimum absolute atomic E-state index is 0.216. The van der Waals surface area contributed by atoms with E-state index < -0.39 is 0 Å². The van der Waals surface area contributed by atoms with Crippen molar-refractivity contribution in [3.05, 3.63) is 0 Å². The molecule has 0 radical (unpaired) electrons. The molecule has 1 saturated carbocycles. The SMILES string of the molecule is CCCC(C)C(N)C(OC)C1CCCCC1. The summed E-state index contributed by atoms with van der Waals surface area (Å²) in [5.74, 6) is 1.28. The number of hydrogen-bond acceptors (Lipinski definition) is 2. The van der Waals surface area contributed by atoms with Gasteiger partial charge in [-0.15, -0.1) is 0 Å². The number of rotatable bonds is 6. The fourth-order valence-electron chi connectivity index (χ4n) is 3.10. The fraction of sp³-hybridized carbons (Fsp3) is 1.00. The van der Waals surface area contributed by atoms with E-state index in [0.717, 1.165) is 0 Å². The molecule has 2 N–H and O–H groups in total. The smallest absolute Gasteiger partial charge is 0.0752 e. The zero-order chi connectivity index (χ0) is 12.0. The van der Waals surface area contributed by atoms with Crippen LogP contribution in [-0.4, -0.2) is 19.3 Å². The molecule has 0 aromatic carbocycles. The van der Waals surface area contributed by atoms with Gasteiger partial charge in [0.1, 0.15) is 0 Å². The van der Waals surface area contributed by atoms with Gasteiger partial charge < -0.3 is 10.5 Å². The molecule has 1 aliphatic carbocycles. The average molecular weight is 227 g/mol. The Bertz CT molecular complexity index is 178. The molecule has 0 saturated heterocycles. The topological polar surface area (TPSA) is 35.2 Å². The van der Waals surface area contributed by atoms with E-state index in [0.29, 0.717) is 11.8 Å². The second kappa shape index (κ2) is 7.29. The second-order valence-electron chi connectivity index (χ2n) is 5.44. The maximum Gasteiger partial charge on any atom is 0.0752 e. The van der Waals surface area contributed by atoms with Crippen LogP contribution in [0.15, 0.2) is 0 Å². The van der Waals surface area contributed by atoms with Gasteiger partial charge in [0, 0.05) is 13.2 Å². The molecule has 2 nitrogen and oxygen atoms in total. The molecule has 0 spiro atoms. The van der Waals surface area contributed by atoms with Gasteiger partial charge in [-0.05, 0) is 31.1 Å². The lowest BCUT2D eigenvalue weighted by Gasteiger charge is -2.35. The lowest BCUT2D eigenvalue weighted by atomic mass is 9.79. The van der Waals surface area contributed by atoms with E-state index in [4.69, 9.17) is 10.5 Å². The van der Waals surface area contributed by atoms with E-state index in [-0.39, 0.29) is 12.1 Å². The summed E-state index contributed by atoms with van der Waals surface area (Å²) >= 11 is 0. The first kappa shape index (κ1) is 14.0. The Kier molecular flexibility index (Phi) is 6.37. The summed E-state index contributed by atoms with van der Waals surface area (Å²) in [6.07, 6.45) is 9.45. The predicted octanol–water partition coefficient (Wildman–Crippen LogP) is 3.35. The van der Waals surface area contributed by atoms with Crippen LogP contribution in [0.25, 0.3) is 0 Å². The molecule has 0 aromatic rings. The van der Waals surface area contributed by atoms with Crippen molar-refractivity contribution < 1.29 is 4.74 Å². The van der Waals surface area contributed by atoms with Gasteiger partial charge in [0.2, 0.25) is 0 Å². The highest BCUT2D eigenvalue weighted by atomic mass is 16.5. The van der Waals surface area contributed by atoms with Crippen molar-refractivity contribution in [2.45, 2.75) is 70.9 Å². The van der Waals surface area contributed by atoms with Crippen molar-refractivity contribution in [1.82, 2.24) is 0 Å². The van der Waals surface area contributed by atoms with Gasteiger partial charge in [0.15, 0.2) is 0 Å². The maximum atomic E-state index is 6.36. The Balaban J connectivity index is 2.50. The lowest BCUT2D eigenvalue weighted by Crippen LogP contribution is -2.46. The summed E-state index contributed by atoms with van der Waals surface area (Å²) in [5, 5.41) is 0. The zero-order valence-electron chi connectivity index (χ0n) is 11.2. The van der Waals surface area contributed by atoms with Gasteiger partial charge in [-0.3, -0.25) is 0 Å². The van der Waals surface area contributed by atoms with Gasteiger partial charge in [0.05, 0.1) is 6.10 Å². The third-order valence-corrected chi connectivity index (χ3v) is 4.17. The summed E-state index contributed by atoms with van der Waals surface area (Å²) in [6, 6.07) is 0.216. The highest BCUT2D eigenvalue weighted by molar-refractivity contribution is 4.85. The van der Waals surface area contributed by atoms with Crippen LogP contribution >= 0.6 is 0 Å². The molecular formula is C14H29NO. The van der Waals surface area contributed by atoms with Crippen molar-refractivity contribution in [1.29, 1.82) is 0 Å². The Morgan fingerprint density at radius 1 is 1.25 bits per heavy atom. The minimum Gasteiger partial charge on any atom is -0.380 e. The third kappa shape index (κ3) is 3.74. The summed E-state index contributed by atoms with van der Waals surface area (Å²) in [6.45, 7) is 4.49. The van der Waals surface area contributed by atoms with Crippen LogP contribution in [0.2, 0.25) is 0 Å². The minimum atomic E-state index is 0.216. The molecule has 2 heteroatoms. The van der Waals surface area contributed by atoms with E-state index in [2.05, 4.69) is 13.8 Å². The van der Waals surface area contributed by atoms with Crippen LogP contribution in [0.3, 0.4) is 0 Å². The first-order chi connectivity index (χ1) is 7.70. The normalized spacial score (nSPS) is 24.0. The van der Waals surface area contributed by atoms with E-state index >= 15 is 0 Å². The number of methoxy groups -OCH3 is 1. The third-order valence-electron chi connectivity index (χ3n) is 4.17. The molecule has 1 aliphatic rings. The molecular weight excluding hydrogens is 198 g/mol. The highest BCUT2D eigenvalue weighted by Gasteiger charge is 2.30. The van der Waals surface area contributed by atoms with Crippen molar-refractivity contribution in [3.63, 3.8) is 0 Å². The standard InChI is InChI=1S/C14H29NO/c1-4-8-11(2)13(15)14(16-3)12-9-6-5-7-10-12/h11-14H,4-10,15H2,1-3H3. The second-order valence-corrected chi connectivity index (χ2v) is 5.44. The van der Waals surface area contributed by atoms with E-state index in [1.54, 1.807) is 0 Å². The summed E-state index contributed by atoms with van der Waals surface area (Å²) < 4.78 is 5.69. The van der Waals surface area contributed by atoms with Crippen LogP contribution in [0, 0.1) is 11.8 Å². The summed E-state index contributed by atoms with van der Waals surface area (Å²) in [5.41, 5.74) is 6.36. The van der Waals surface area contributed by atoms with Crippen molar-refractivity contribution in [2.75, 3.05) is 7.11 Å². The summed E-state index contributed by atoms with van der Waals surface area (Å²) in [7, 11) is 1.83. The Morgan fingerprint density at radius 3 is 2.38 bits per heavy atom. The molecule has 1 fully saturated rings.